The number of imide groups is 1. The van der Waals surface area contributed by atoms with Gasteiger partial charge >= 0.3 is 6.03 Å². The highest BCUT2D eigenvalue weighted by Gasteiger charge is 2.25. The minimum atomic E-state index is -0.404. The van der Waals surface area contributed by atoms with Crippen molar-refractivity contribution in [3.63, 3.8) is 0 Å². The molecule has 6 heteroatoms. The van der Waals surface area contributed by atoms with Crippen molar-refractivity contribution in [2.45, 2.75) is 45.3 Å². The molecule has 0 radical (unpaired) electrons. The summed E-state index contributed by atoms with van der Waals surface area (Å²) in [7, 11) is 1.86. The Balaban J connectivity index is 1.81. The van der Waals surface area contributed by atoms with E-state index in [4.69, 9.17) is 4.74 Å². The van der Waals surface area contributed by atoms with Crippen molar-refractivity contribution in [2.24, 2.45) is 0 Å². The molecular weight excluding hydrogens is 294 g/mol. The Labute approximate surface area is 137 Å². The maximum absolute atomic E-state index is 12.1. The number of urea groups is 1. The van der Waals surface area contributed by atoms with Crippen molar-refractivity contribution in [3.8, 4) is 5.75 Å². The van der Waals surface area contributed by atoms with Crippen LogP contribution in [-0.2, 0) is 11.3 Å². The molecule has 1 aliphatic carbocycles. The molecule has 2 N–H and O–H groups in total. The van der Waals surface area contributed by atoms with Crippen LogP contribution in [-0.4, -0.2) is 42.6 Å². The van der Waals surface area contributed by atoms with E-state index in [1.54, 1.807) is 6.92 Å². The van der Waals surface area contributed by atoms with Gasteiger partial charge in [-0.15, -0.1) is 0 Å². The number of rotatable bonds is 7. The quantitative estimate of drug-likeness (QED) is 0.805. The van der Waals surface area contributed by atoms with E-state index in [9.17, 15) is 9.59 Å². The first-order chi connectivity index (χ1) is 11.0. The summed E-state index contributed by atoms with van der Waals surface area (Å²) in [5.41, 5.74) is 1.08. The Hall–Kier alpha value is -2.08. The summed E-state index contributed by atoms with van der Waals surface area (Å²) in [6, 6.07) is 7.23. The van der Waals surface area contributed by atoms with Crippen LogP contribution in [0.4, 0.5) is 4.79 Å². The molecule has 1 aromatic rings. The highest BCUT2D eigenvalue weighted by molar-refractivity contribution is 5.96. The number of carbonyl (C=O) groups excluding carboxylic acids is 2. The number of likely N-dealkylation sites (N-methyl/N-ethyl adjacent to an activating group) is 1. The van der Waals surface area contributed by atoms with Crippen LogP contribution in [0.25, 0.3) is 0 Å². The molecular formula is C17H25N3O3. The summed E-state index contributed by atoms with van der Waals surface area (Å²) >= 11 is 0. The van der Waals surface area contributed by atoms with Crippen molar-refractivity contribution in [3.05, 3.63) is 29.8 Å². The Morgan fingerprint density at radius 3 is 2.52 bits per heavy atom. The SMILES string of the molecule is CCOc1ccc(CN(C)C(C)C(=O)NC(=O)NC2CC2)cc1. The molecule has 1 aliphatic rings. The van der Waals surface area contributed by atoms with Crippen LogP contribution in [0.15, 0.2) is 24.3 Å². The lowest BCUT2D eigenvalue weighted by atomic mass is 10.2. The van der Waals surface area contributed by atoms with E-state index in [-0.39, 0.29) is 11.9 Å². The number of hydrogen-bond acceptors (Lipinski definition) is 4. The van der Waals surface area contributed by atoms with Gasteiger partial charge in [0.15, 0.2) is 0 Å². The van der Waals surface area contributed by atoms with Gasteiger partial charge in [0.25, 0.3) is 0 Å². The van der Waals surface area contributed by atoms with E-state index >= 15 is 0 Å². The Morgan fingerprint density at radius 2 is 1.96 bits per heavy atom. The van der Waals surface area contributed by atoms with Gasteiger partial charge in [0.05, 0.1) is 12.6 Å². The molecule has 1 fully saturated rings. The average molecular weight is 319 g/mol. The van der Waals surface area contributed by atoms with Crippen molar-refractivity contribution in [2.75, 3.05) is 13.7 Å². The molecule has 0 bridgehead atoms. The molecule has 126 valence electrons. The second-order valence-electron chi connectivity index (χ2n) is 5.91. The molecule has 2 rings (SSSR count). The number of carbonyl (C=O) groups is 2. The third-order valence-electron chi connectivity index (χ3n) is 3.86. The first kappa shape index (κ1) is 17.3. The molecule has 6 nitrogen and oxygen atoms in total. The zero-order valence-corrected chi connectivity index (χ0v) is 14.0. The lowest BCUT2D eigenvalue weighted by Crippen LogP contribution is -2.48. The normalized spacial score (nSPS) is 15.1. The molecule has 3 amide bonds. The molecule has 1 unspecified atom stereocenters. The third kappa shape index (κ3) is 5.56. The topological polar surface area (TPSA) is 70.7 Å². The summed E-state index contributed by atoms with van der Waals surface area (Å²) in [4.78, 5) is 25.6. The van der Waals surface area contributed by atoms with Crippen LogP contribution in [0, 0.1) is 0 Å². The number of benzene rings is 1. The fourth-order valence-corrected chi connectivity index (χ4v) is 2.15. The van der Waals surface area contributed by atoms with Crippen molar-refractivity contribution >= 4 is 11.9 Å². The lowest BCUT2D eigenvalue weighted by Gasteiger charge is -2.23. The first-order valence-corrected chi connectivity index (χ1v) is 8.03. The highest BCUT2D eigenvalue weighted by Crippen LogP contribution is 2.18. The second kappa shape index (κ2) is 7.97. The van der Waals surface area contributed by atoms with Crippen LogP contribution >= 0.6 is 0 Å². The number of nitrogens with one attached hydrogen (secondary N) is 2. The Kier molecular flexibility index (Phi) is 5.98. The molecule has 23 heavy (non-hydrogen) atoms. The van der Waals surface area contributed by atoms with Gasteiger partial charge in [-0.3, -0.25) is 15.0 Å². The minimum absolute atomic E-state index is 0.236. The van der Waals surface area contributed by atoms with Gasteiger partial charge in [0.2, 0.25) is 5.91 Å². The summed E-state index contributed by atoms with van der Waals surface area (Å²) in [6.45, 7) is 4.99. The highest BCUT2D eigenvalue weighted by atomic mass is 16.5. The molecule has 0 heterocycles. The van der Waals surface area contributed by atoms with E-state index in [1.807, 2.05) is 43.1 Å². The van der Waals surface area contributed by atoms with Crippen LogP contribution < -0.4 is 15.4 Å². The second-order valence-corrected chi connectivity index (χ2v) is 5.91. The van der Waals surface area contributed by atoms with Gasteiger partial charge in [0.1, 0.15) is 5.75 Å². The monoisotopic (exact) mass is 319 g/mol. The number of hydrogen-bond donors (Lipinski definition) is 2. The fourth-order valence-electron chi connectivity index (χ4n) is 2.15. The largest absolute Gasteiger partial charge is 0.494 e. The molecule has 1 aromatic carbocycles. The molecule has 0 aromatic heterocycles. The summed E-state index contributed by atoms with van der Waals surface area (Å²) < 4.78 is 5.41. The van der Waals surface area contributed by atoms with Crippen LogP contribution in [0.3, 0.4) is 0 Å². The smallest absolute Gasteiger partial charge is 0.321 e. The summed E-state index contributed by atoms with van der Waals surface area (Å²) in [5.74, 6) is 0.540. The minimum Gasteiger partial charge on any atom is -0.494 e. The Morgan fingerprint density at radius 1 is 1.30 bits per heavy atom. The molecule has 1 saturated carbocycles. The maximum atomic E-state index is 12.1. The van der Waals surface area contributed by atoms with E-state index in [2.05, 4.69) is 10.6 Å². The lowest BCUT2D eigenvalue weighted by molar-refractivity contribution is -0.124. The Bertz CT molecular complexity index is 541. The van der Waals surface area contributed by atoms with E-state index in [0.29, 0.717) is 13.2 Å². The molecule has 0 aliphatic heterocycles. The first-order valence-electron chi connectivity index (χ1n) is 8.03. The van der Waals surface area contributed by atoms with E-state index in [1.165, 1.54) is 0 Å². The molecule has 0 saturated heterocycles. The van der Waals surface area contributed by atoms with Gasteiger partial charge in [0, 0.05) is 12.6 Å². The number of amides is 3. The van der Waals surface area contributed by atoms with Gasteiger partial charge < -0.3 is 10.1 Å². The summed E-state index contributed by atoms with van der Waals surface area (Å²) in [6.07, 6.45) is 1.99. The van der Waals surface area contributed by atoms with E-state index in [0.717, 1.165) is 24.2 Å². The average Bonchev–Trinajstić information content (AvgIpc) is 3.32. The standard InChI is InChI=1S/C17H25N3O3/c1-4-23-15-9-5-13(6-10-15)11-20(3)12(2)16(21)19-17(22)18-14-7-8-14/h5-6,9-10,12,14H,4,7-8,11H2,1-3H3,(H2,18,19,21,22). The van der Waals surface area contributed by atoms with Crippen LogP contribution in [0.5, 0.6) is 5.75 Å². The number of nitrogens with zero attached hydrogens (tertiary/aromatic N) is 1. The summed E-state index contributed by atoms with van der Waals surface area (Å²) in [5, 5.41) is 5.14. The van der Waals surface area contributed by atoms with Gasteiger partial charge in [-0.2, -0.15) is 0 Å². The van der Waals surface area contributed by atoms with Crippen molar-refractivity contribution in [1.29, 1.82) is 0 Å². The third-order valence-corrected chi connectivity index (χ3v) is 3.86. The van der Waals surface area contributed by atoms with Gasteiger partial charge in [-0.25, -0.2) is 4.79 Å². The molecule has 0 spiro atoms. The maximum Gasteiger partial charge on any atom is 0.321 e. The predicted octanol–water partition coefficient (Wildman–Crippen LogP) is 1.89. The van der Waals surface area contributed by atoms with Crippen molar-refractivity contribution in [1.82, 2.24) is 15.5 Å². The van der Waals surface area contributed by atoms with Gasteiger partial charge in [-0.1, -0.05) is 12.1 Å². The zero-order chi connectivity index (χ0) is 16.8. The number of ether oxygens (including phenoxy) is 1. The zero-order valence-electron chi connectivity index (χ0n) is 14.0. The van der Waals surface area contributed by atoms with Crippen LogP contribution in [0.1, 0.15) is 32.3 Å². The van der Waals surface area contributed by atoms with Gasteiger partial charge in [-0.05, 0) is 51.4 Å². The molecule has 1 atom stereocenters. The fraction of sp³-hybridized carbons (Fsp3) is 0.529. The van der Waals surface area contributed by atoms with Crippen molar-refractivity contribution < 1.29 is 14.3 Å². The van der Waals surface area contributed by atoms with E-state index < -0.39 is 12.1 Å². The van der Waals surface area contributed by atoms with Crippen LogP contribution in [0.2, 0.25) is 0 Å². The predicted molar refractivity (Wildman–Crippen MR) is 88.2 cm³/mol.